The van der Waals surface area contributed by atoms with Gasteiger partial charge in [-0.3, -0.25) is 9.59 Å². The molecule has 0 aliphatic rings. The Morgan fingerprint density at radius 1 is 0.966 bits per heavy atom. The number of Topliss-reactive ketones (excluding diaryl/α,β-unsaturated/α-hetero) is 1. The second-order valence-corrected chi connectivity index (χ2v) is 7.49. The molecule has 0 spiro atoms. The fraction of sp³-hybridized carbons (Fsp3) is 0.318. The van der Waals surface area contributed by atoms with Crippen LogP contribution in [0.3, 0.4) is 0 Å². The Morgan fingerprint density at radius 2 is 1.62 bits per heavy atom. The van der Waals surface area contributed by atoms with Gasteiger partial charge < -0.3 is 14.8 Å². The molecule has 6 nitrogen and oxygen atoms in total. The van der Waals surface area contributed by atoms with Crippen LogP contribution in [0.4, 0.5) is 0 Å². The first-order valence-electron chi connectivity index (χ1n) is 8.95. The Hall–Kier alpha value is -2.70. The minimum absolute atomic E-state index is 0. The fourth-order valence-corrected chi connectivity index (χ4v) is 2.40. The number of hydrogen-bond donors (Lipinski definition) is 1. The van der Waals surface area contributed by atoms with Crippen molar-refractivity contribution in [1.82, 2.24) is 5.32 Å². The molecule has 0 saturated carbocycles. The quantitative estimate of drug-likeness (QED) is 0.430. The summed E-state index contributed by atoms with van der Waals surface area (Å²) in [4.78, 5) is 36.4. The Kier molecular flexibility index (Phi) is 8.55. The van der Waals surface area contributed by atoms with Crippen molar-refractivity contribution in [1.29, 1.82) is 0 Å². The average molecular weight is 420 g/mol. The lowest BCUT2D eigenvalue weighted by molar-refractivity contribution is -0.132. The number of aryl methyl sites for hydroxylation is 1. The number of nitrogens with one attached hydrogen (secondary N) is 1. The summed E-state index contributed by atoms with van der Waals surface area (Å²) in [6.45, 7) is 9.04. The van der Waals surface area contributed by atoms with E-state index in [4.69, 9.17) is 9.47 Å². The number of hydrogen-bond acceptors (Lipinski definition) is 6. The standard InChI is InChI=1S/C22H25NO5.ClH/c1-14-8-6-7-9-17(14)21(26)28-20-12-16(10-11-19(20)27-15(2)24)18(25)13-23-22(3,4)5;/h6-12,23H,13H2,1-5H3;1H. The lowest BCUT2D eigenvalue weighted by Gasteiger charge is -2.20. The molecule has 156 valence electrons. The highest BCUT2D eigenvalue weighted by Crippen LogP contribution is 2.30. The molecule has 2 rings (SSSR count). The Bertz CT molecular complexity index is 902. The number of rotatable bonds is 6. The second kappa shape index (κ2) is 10.2. The van der Waals surface area contributed by atoms with Gasteiger partial charge in [-0.25, -0.2) is 4.79 Å². The minimum Gasteiger partial charge on any atom is -0.423 e. The van der Waals surface area contributed by atoms with Gasteiger partial charge in [0.25, 0.3) is 0 Å². The maximum atomic E-state index is 12.6. The molecule has 0 unspecified atom stereocenters. The van der Waals surface area contributed by atoms with Crippen molar-refractivity contribution in [3.05, 3.63) is 59.2 Å². The molecule has 0 radical (unpaired) electrons. The van der Waals surface area contributed by atoms with Crippen LogP contribution >= 0.6 is 12.4 Å². The van der Waals surface area contributed by atoms with Gasteiger partial charge >= 0.3 is 11.9 Å². The first-order valence-corrected chi connectivity index (χ1v) is 8.95. The van der Waals surface area contributed by atoms with E-state index in [0.717, 1.165) is 5.56 Å². The number of esters is 2. The van der Waals surface area contributed by atoms with Crippen LogP contribution in [0, 0.1) is 6.92 Å². The number of halogens is 1. The van der Waals surface area contributed by atoms with Crippen LogP contribution in [0.15, 0.2) is 42.5 Å². The smallest absolute Gasteiger partial charge is 0.343 e. The second-order valence-electron chi connectivity index (χ2n) is 7.49. The normalized spacial score (nSPS) is 10.7. The third kappa shape index (κ3) is 7.33. The van der Waals surface area contributed by atoms with Gasteiger partial charge in [-0.15, -0.1) is 12.4 Å². The summed E-state index contributed by atoms with van der Waals surface area (Å²) in [6.07, 6.45) is 0. The molecule has 0 aliphatic heterocycles. The highest BCUT2D eigenvalue weighted by atomic mass is 35.5. The predicted octanol–water partition coefficient (Wildman–Crippen LogP) is 4.13. The molecule has 0 atom stereocenters. The van der Waals surface area contributed by atoms with E-state index < -0.39 is 11.9 Å². The average Bonchev–Trinajstić information content (AvgIpc) is 2.60. The Balaban J connectivity index is 0.00000420. The highest BCUT2D eigenvalue weighted by Gasteiger charge is 2.19. The van der Waals surface area contributed by atoms with E-state index in [1.165, 1.54) is 25.1 Å². The maximum absolute atomic E-state index is 12.6. The van der Waals surface area contributed by atoms with Crippen LogP contribution in [-0.2, 0) is 4.79 Å². The zero-order valence-corrected chi connectivity index (χ0v) is 18.0. The molecule has 0 amide bonds. The molecule has 0 heterocycles. The van der Waals surface area contributed by atoms with Gasteiger partial charge in [-0.05, 0) is 57.5 Å². The summed E-state index contributed by atoms with van der Waals surface area (Å²) >= 11 is 0. The SMILES string of the molecule is CC(=O)Oc1ccc(C(=O)CNC(C)(C)C)cc1OC(=O)c1ccccc1C.Cl. The van der Waals surface area contributed by atoms with Crippen molar-refractivity contribution < 1.29 is 23.9 Å². The fourth-order valence-electron chi connectivity index (χ4n) is 2.40. The molecule has 0 saturated heterocycles. The largest absolute Gasteiger partial charge is 0.423 e. The summed E-state index contributed by atoms with van der Waals surface area (Å²) in [5.41, 5.74) is 1.28. The maximum Gasteiger partial charge on any atom is 0.343 e. The zero-order chi connectivity index (χ0) is 20.9. The van der Waals surface area contributed by atoms with E-state index in [1.807, 2.05) is 26.8 Å². The molecular weight excluding hydrogens is 394 g/mol. The van der Waals surface area contributed by atoms with Gasteiger partial charge in [-0.2, -0.15) is 0 Å². The summed E-state index contributed by atoms with van der Waals surface area (Å²) in [5.74, 6) is -1.22. The molecule has 0 aromatic heterocycles. The summed E-state index contributed by atoms with van der Waals surface area (Å²) in [6, 6.07) is 11.4. The number of ketones is 1. The molecule has 7 heteroatoms. The van der Waals surface area contributed by atoms with Gasteiger partial charge in [0.1, 0.15) is 0 Å². The van der Waals surface area contributed by atoms with Crippen LogP contribution < -0.4 is 14.8 Å². The zero-order valence-electron chi connectivity index (χ0n) is 17.2. The van der Waals surface area contributed by atoms with Gasteiger partial charge in [0.2, 0.25) is 0 Å². The molecule has 2 aromatic carbocycles. The van der Waals surface area contributed by atoms with Crippen molar-refractivity contribution in [2.45, 2.75) is 40.2 Å². The van der Waals surface area contributed by atoms with Crippen molar-refractivity contribution in [2.75, 3.05) is 6.54 Å². The summed E-state index contributed by atoms with van der Waals surface area (Å²) in [5, 5.41) is 3.12. The molecule has 1 N–H and O–H groups in total. The van der Waals surface area contributed by atoms with Crippen molar-refractivity contribution in [2.24, 2.45) is 0 Å². The van der Waals surface area contributed by atoms with Crippen molar-refractivity contribution in [3.8, 4) is 11.5 Å². The first-order chi connectivity index (χ1) is 13.1. The first kappa shape index (κ1) is 24.3. The van der Waals surface area contributed by atoms with Crippen LogP contribution in [0.5, 0.6) is 11.5 Å². The Labute approximate surface area is 177 Å². The van der Waals surface area contributed by atoms with Crippen LogP contribution in [0.25, 0.3) is 0 Å². The van der Waals surface area contributed by atoms with Gasteiger partial charge in [0.05, 0.1) is 12.1 Å². The van der Waals surface area contributed by atoms with Crippen molar-refractivity contribution >= 4 is 30.1 Å². The predicted molar refractivity (Wildman–Crippen MR) is 113 cm³/mol. The molecule has 0 fully saturated rings. The summed E-state index contributed by atoms with van der Waals surface area (Å²) < 4.78 is 10.6. The van der Waals surface area contributed by atoms with Gasteiger partial charge in [-0.1, -0.05) is 18.2 Å². The van der Waals surface area contributed by atoms with E-state index in [-0.39, 0.29) is 41.8 Å². The van der Waals surface area contributed by atoms with Gasteiger partial charge in [0.15, 0.2) is 17.3 Å². The lowest BCUT2D eigenvalue weighted by atomic mass is 10.1. The van der Waals surface area contributed by atoms with Gasteiger partial charge in [0, 0.05) is 18.0 Å². The van der Waals surface area contributed by atoms with E-state index in [0.29, 0.717) is 11.1 Å². The number of carbonyl (C=O) groups excluding carboxylic acids is 3. The minimum atomic E-state index is -0.594. The number of ether oxygens (including phenoxy) is 2. The molecule has 29 heavy (non-hydrogen) atoms. The highest BCUT2D eigenvalue weighted by molar-refractivity contribution is 5.99. The number of carbonyl (C=O) groups is 3. The molecule has 2 aromatic rings. The van der Waals surface area contributed by atoms with Crippen LogP contribution in [0.2, 0.25) is 0 Å². The lowest BCUT2D eigenvalue weighted by Crippen LogP contribution is -2.39. The molecular formula is C22H26ClNO5. The van der Waals surface area contributed by atoms with E-state index in [1.54, 1.807) is 25.1 Å². The van der Waals surface area contributed by atoms with E-state index >= 15 is 0 Å². The van der Waals surface area contributed by atoms with Crippen molar-refractivity contribution in [3.63, 3.8) is 0 Å². The van der Waals surface area contributed by atoms with Crippen LogP contribution in [0.1, 0.15) is 54.0 Å². The summed E-state index contributed by atoms with van der Waals surface area (Å²) in [7, 11) is 0. The number of benzene rings is 2. The van der Waals surface area contributed by atoms with Crippen LogP contribution in [-0.4, -0.2) is 29.8 Å². The topological polar surface area (TPSA) is 81.7 Å². The third-order valence-corrected chi connectivity index (χ3v) is 3.87. The monoisotopic (exact) mass is 419 g/mol. The Morgan fingerprint density at radius 3 is 2.21 bits per heavy atom. The van der Waals surface area contributed by atoms with E-state index in [9.17, 15) is 14.4 Å². The third-order valence-electron chi connectivity index (χ3n) is 3.87. The molecule has 0 aliphatic carbocycles. The molecule has 0 bridgehead atoms. The van der Waals surface area contributed by atoms with E-state index in [2.05, 4.69) is 5.32 Å².